The Bertz CT molecular complexity index is 395. The van der Waals surface area contributed by atoms with E-state index in [2.05, 4.69) is 22.5 Å². The molecule has 0 aromatic carbocycles. The zero-order valence-corrected chi connectivity index (χ0v) is 15.9. The van der Waals surface area contributed by atoms with Crippen molar-refractivity contribution in [1.82, 2.24) is 15.5 Å². The monoisotopic (exact) mass is 382 g/mol. The Balaban J connectivity index is 2.04. The molecule has 1 heterocycles. The first-order valence-electron chi connectivity index (χ1n) is 9.33. The highest BCUT2D eigenvalue weighted by Crippen LogP contribution is 2.22. The molecule has 0 aliphatic carbocycles. The highest BCUT2D eigenvalue weighted by atomic mass is 19.4. The molecule has 6 nitrogen and oxygen atoms in total. The van der Waals surface area contributed by atoms with Gasteiger partial charge in [-0.2, -0.15) is 13.2 Å². The van der Waals surface area contributed by atoms with Crippen molar-refractivity contribution in [3.05, 3.63) is 0 Å². The normalized spacial score (nSPS) is 19.1. The zero-order chi connectivity index (χ0) is 19.3. The van der Waals surface area contributed by atoms with E-state index in [1.165, 1.54) is 4.90 Å². The second-order valence-electron chi connectivity index (χ2n) is 6.46. The summed E-state index contributed by atoms with van der Waals surface area (Å²) < 4.78 is 48.1. The summed E-state index contributed by atoms with van der Waals surface area (Å²) in [6.45, 7) is 5.96. The first-order valence-corrected chi connectivity index (χ1v) is 9.33. The van der Waals surface area contributed by atoms with Crippen molar-refractivity contribution < 1.29 is 22.6 Å². The van der Waals surface area contributed by atoms with Gasteiger partial charge in [-0.25, -0.2) is 0 Å². The van der Waals surface area contributed by atoms with E-state index in [4.69, 9.17) is 9.47 Å². The molecule has 0 aromatic rings. The zero-order valence-electron chi connectivity index (χ0n) is 15.9. The third-order valence-corrected chi connectivity index (χ3v) is 4.11. The third-order valence-electron chi connectivity index (χ3n) is 4.11. The fourth-order valence-corrected chi connectivity index (χ4v) is 2.75. The number of nitrogens with zero attached hydrogens (tertiary/aromatic N) is 2. The molecule has 0 saturated carbocycles. The van der Waals surface area contributed by atoms with Crippen LogP contribution in [-0.4, -0.2) is 83.2 Å². The number of alkyl halides is 3. The smallest absolute Gasteiger partial charge is 0.379 e. The van der Waals surface area contributed by atoms with Crippen LogP contribution in [0.5, 0.6) is 0 Å². The van der Waals surface area contributed by atoms with Gasteiger partial charge >= 0.3 is 6.18 Å². The van der Waals surface area contributed by atoms with Crippen LogP contribution in [0.4, 0.5) is 13.2 Å². The van der Waals surface area contributed by atoms with Crippen molar-refractivity contribution >= 4 is 5.96 Å². The van der Waals surface area contributed by atoms with Gasteiger partial charge in [-0.05, 0) is 25.3 Å². The molecule has 0 bridgehead atoms. The minimum atomic E-state index is -4.12. The van der Waals surface area contributed by atoms with Crippen molar-refractivity contribution in [2.24, 2.45) is 10.9 Å². The highest BCUT2D eigenvalue weighted by molar-refractivity contribution is 5.79. The Hall–Kier alpha value is -1.06. The maximum absolute atomic E-state index is 12.4. The van der Waals surface area contributed by atoms with Crippen LogP contribution in [0.1, 0.15) is 26.2 Å². The Morgan fingerprint density at radius 3 is 2.54 bits per heavy atom. The lowest BCUT2D eigenvalue weighted by Crippen LogP contribution is -2.41. The predicted octanol–water partition coefficient (Wildman–Crippen LogP) is 1.87. The number of hydrogen-bond donors (Lipinski definition) is 2. The van der Waals surface area contributed by atoms with Crippen LogP contribution in [0.3, 0.4) is 0 Å². The van der Waals surface area contributed by atoms with Crippen molar-refractivity contribution in [1.29, 1.82) is 0 Å². The summed E-state index contributed by atoms with van der Waals surface area (Å²) in [5, 5.41) is 6.30. The number of nitrogens with one attached hydrogen (secondary N) is 2. The first-order chi connectivity index (χ1) is 12.4. The van der Waals surface area contributed by atoms with E-state index in [1.54, 1.807) is 7.05 Å². The van der Waals surface area contributed by atoms with Crippen LogP contribution in [0.2, 0.25) is 0 Å². The lowest BCUT2D eigenvalue weighted by atomic mass is 10.1. The van der Waals surface area contributed by atoms with E-state index in [1.807, 2.05) is 0 Å². The minimum absolute atomic E-state index is 0.201. The fraction of sp³-hybridized carbons (Fsp3) is 0.941. The van der Waals surface area contributed by atoms with Gasteiger partial charge in [-0.3, -0.25) is 9.89 Å². The number of halogens is 3. The summed E-state index contributed by atoms with van der Waals surface area (Å²) in [6.07, 6.45) is -1.17. The van der Waals surface area contributed by atoms with E-state index >= 15 is 0 Å². The summed E-state index contributed by atoms with van der Waals surface area (Å²) in [7, 11) is 1.67. The summed E-state index contributed by atoms with van der Waals surface area (Å²) in [5.41, 5.74) is 0. The number of guanidine groups is 1. The summed E-state index contributed by atoms with van der Waals surface area (Å²) in [5.74, 6) is 0.842. The average molecular weight is 382 g/mol. The summed E-state index contributed by atoms with van der Waals surface area (Å²) in [4.78, 5) is 5.57. The molecule has 9 heteroatoms. The van der Waals surface area contributed by atoms with Crippen molar-refractivity contribution in [3.63, 3.8) is 0 Å². The van der Waals surface area contributed by atoms with Crippen LogP contribution in [0.15, 0.2) is 4.99 Å². The highest BCUT2D eigenvalue weighted by Gasteiger charge is 2.34. The molecule has 1 aliphatic heterocycles. The number of hydrogen-bond acceptors (Lipinski definition) is 4. The topological polar surface area (TPSA) is 58.1 Å². The van der Waals surface area contributed by atoms with Crippen molar-refractivity contribution in [2.75, 3.05) is 66.2 Å². The second kappa shape index (κ2) is 13.2. The largest absolute Gasteiger partial charge is 0.401 e. The molecule has 0 amide bonds. The van der Waals surface area contributed by atoms with Gasteiger partial charge in [0, 0.05) is 33.3 Å². The van der Waals surface area contributed by atoms with E-state index in [0.29, 0.717) is 52.0 Å². The Morgan fingerprint density at radius 2 is 1.88 bits per heavy atom. The van der Waals surface area contributed by atoms with Gasteiger partial charge in [-0.15, -0.1) is 0 Å². The predicted molar refractivity (Wildman–Crippen MR) is 96.5 cm³/mol. The molecule has 1 atom stereocenters. The molecular weight excluding hydrogens is 349 g/mol. The number of rotatable bonds is 12. The number of unbranched alkanes of at least 4 members (excludes halogenated alkanes) is 1. The van der Waals surface area contributed by atoms with Gasteiger partial charge in [0.05, 0.1) is 26.4 Å². The molecule has 1 saturated heterocycles. The van der Waals surface area contributed by atoms with E-state index in [0.717, 1.165) is 25.9 Å². The van der Waals surface area contributed by atoms with E-state index < -0.39 is 12.7 Å². The third kappa shape index (κ3) is 11.5. The first kappa shape index (κ1) is 23.0. The number of aliphatic imine (C=N–C) groups is 1. The minimum Gasteiger partial charge on any atom is -0.379 e. The average Bonchev–Trinajstić information content (AvgIpc) is 3.01. The van der Waals surface area contributed by atoms with Crippen molar-refractivity contribution in [3.8, 4) is 0 Å². The molecule has 0 spiro atoms. The van der Waals surface area contributed by atoms with Gasteiger partial charge in [0.25, 0.3) is 0 Å². The summed E-state index contributed by atoms with van der Waals surface area (Å²) >= 11 is 0. The van der Waals surface area contributed by atoms with Crippen LogP contribution in [0, 0.1) is 5.92 Å². The second-order valence-corrected chi connectivity index (χ2v) is 6.46. The van der Waals surface area contributed by atoms with Gasteiger partial charge in [0.2, 0.25) is 0 Å². The number of ether oxygens (including phenoxy) is 2. The number of likely N-dealkylation sites (tertiary alicyclic amines) is 1. The molecule has 1 rings (SSSR count). The summed E-state index contributed by atoms with van der Waals surface area (Å²) in [6, 6.07) is 0. The fourth-order valence-electron chi connectivity index (χ4n) is 2.75. The lowest BCUT2D eigenvalue weighted by Gasteiger charge is -2.18. The van der Waals surface area contributed by atoms with Crippen LogP contribution < -0.4 is 10.6 Å². The van der Waals surface area contributed by atoms with Crippen LogP contribution in [-0.2, 0) is 9.47 Å². The Kier molecular flexibility index (Phi) is 11.6. The van der Waals surface area contributed by atoms with Crippen LogP contribution in [0.25, 0.3) is 0 Å². The molecule has 0 aromatic heterocycles. The molecular formula is C17H33F3N4O2. The van der Waals surface area contributed by atoms with Crippen LogP contribution >= 0.6 is 0 Å². The molecule has 1 fully saturated rings. The Morgan fingerprint density at radius 1 is 1.15 bits per heavy atom. The van der Waals surface area contributed by atoms with Crippen molar-refractivity contribution in [2.45, 2.75) is 32.4 Å². The molecule has 1 unspecified atom stereocenters. The molecule has 2 N–H and O–H groups in total. The standard InChI is InChI=1S/C17H33F3N4O2/c1-3-4-8-25-10-11-26-9-6-22-16(21-2)23-12-15-5-7-24(13-15)14-17(18,19)20/h15H,3-14H2,1-2H3,(H2,21,22,23). The Labute approximate surface area is 154 Å². The van der Waals surface area contributed by atoms with E-state index in [9.17, 15) is 13.2 Å². The van der Waals surface area contributed by atoms with Gasteiger partial charge < -0.3 is 20.1 Å². The van der Waals surface area contributed by atoms with Gasteiger partial charge in [0.15, 0.2) is 5.96 Å². The lowest BCUT2D eigenvalue weighted by molar-refractivity contribution is -0.143. The van der Waals surface area contributed by atoms with Gasteiger partial charge in [-0.1, -0.05) is 13.3 Å². The molecule has 26 heavy (non-hydrogen) atoms. The maximum atomic E-state index is 12.4. The molecule has 154 valence electrons. The van der Waals surface area contributed by atoms with E-state index in [-0.39, 0.29) is 5.92 Å². The SMILES string of the molecule is CCCCOCCOCCNC(=NC)NCC1CCN(CC(F)(F)F)C1. The maximum Gasteiger partial charge on any atom is 0.401 e. The molecule has 0 radical (unpaired) electrons. The quantitative estimate of drug-likeness (QED) is 0.307. The van der Waals surface area contributed by atoms with Gasteiger partial charge in [0.1, 0.15) is 0 Å². The molecule has 1 aliphatic rings.